The second-order valence-corrected chi connectivity index (χ2v) is 10.2. The number of hydrogen-bond acceptors (Lipinski definition) is 5. The van der Waals surface area contributed by atoms with Crippen LogP contribution in [-0.2, 0) is 30.6 Å². The lowest BCUT2D eigenvalue weighted by molar-refractivity contribution is -0.121. The number of nitrogens with zero attached hydrogens (tertiary/aromatic N) is 2. The van der Waals surface area contributed by atoms with Crippen LogP contribution < -0.4 is 10.9 Å². The molecule has 4 rings (SSSR count). The van der Waals surface area contributed by atoms with Crippen molar-refractivity contribution in [1.82, 2.24) is 20.3 Å². The molecule has 0 bridgehead atoms. The van der Waals surface area contributed by atoms with Gasteiger partial charge < -0.3 is 10.3 Å². The first-order chi connectivity index (χ1) is 14.3. The van der Waals surface area contributed by atoms with Gasteiger partial charge in [0.1, 0.15) is 10.7 Å². The van der Waals surface area contributed by atoms with Crippen molar-refractivity contribution in [3.05, 3.63) is 56.7 Å². The standard InChI is InChI=1S/C23H28N4O2S/c1-23(2,3)15-6-7-16-17(11-15)30-22-20(16)21(29)26-18(27-22)8-9-19(28)25-13-14-5-4-10-24-12-14/h4-5,10,12,15H,6-9,11,13H2,1-3H3,(H,25,28)(H,26,27,29)/t15-/m1/s1. The van der Waals surface area contributed by atoms with Crippen molar-refractivity contribution in [3.8, 4) is 0 Å². The summed E-state index contributed by atoms with van der Waals surface area (Å²) in [5.74, 6) is 1.13. The normalized spacial score (nSPS) is 16.4. The fraction of sp³-hybridized carbons (Fsp3) is 0.478. The number of pyridine rings is 1. The number of thiophene rings is 1. The van der Waals surface area contributed by atoms with Gasteiger partial charge in [0.05, 0.1) is 5.39 Å². The Morgan fingerprint density at radius 2 is 2.20 bits per heavy atom. The van der Waals surface area contributed by atoms with E-state index < -0.39 is 0 Å². The third-order valence-electron chi connectivity index (χ3n) is 5.99. The highest BCUT2D eigenvalue weighted by Gasteiger charge is 2.31. The second kappa shape index (κ2) is 8.30. The average Bonchev–Trinajstić information content (AvgIpc) is 3.09. The van der Waals surface area contributed by atoms with Crippen molar-refractivity contribution in [3.63, 3.8) is 0 Å². The molecule has 0 saturated carbocycles. The number of hydrogen-bond donors (Lipinski definition) is 2. The summed E-state index contributed by atoms with van der Waals surface area (Å²) in [6.07, 6.45) is 7.21. The highest BCUT2D eigenvalue weighted by molar-refractivity contribution is 7.18. The molecule has 0 spiro atoms. The van der Waals surface area contributed by atoms with Gasteiger partial charge in [-0.05, 0) is 47.8 Å². The average molecular weight is 425 g/mol. The number of aromatic amines is 1. The van der Waals surface area contributed by atoms with Crippen LogP contribution in [0.2, 0.25) is 0 Å². The van der Waals surface area contributed by atoms with Crippen LogP contribution in [0.3, 0.4) is 0 Å². The summed E-state index contributed by atoms with van der Waals surface area (Å²) < 4.78 is 0. The van der Waals surface area contributed by atoms with E-state index in [0.717, 1.165) is 35.0 Å². The summed E-state index contributed by atoms with van der Waals surface area (Å²) in [5, 5.41) is 3.64. The molecule has 1 atom stereocenters. The van der Waals surface area contributed by atoms with Crippen LogP contribution in [0.1, 0.15) is 55.4 Å². The molecule has 2 N–H and O–H groups in total. The molecule has 0 aromatic carbocycles. The van der Waals surface area contributed by atoms with Gasteiger partial charge in [0.15, 0.2) is 0 Å². The zero-order valence-corrected chi connectivity index (χ0v) is 18.6. The van der Waals surface area contributed by atoms with Gasteiger partial charge in [0, 0.05) is 36.7 Å². The minimum atomic E-state index is -0.0718. The van der Waals surface area contributed by atoms with E-state index in [4.69, 9.17) is 4.98 Å². The van der Waals surface area contributed by atoms with Crippen LogP contribution in [0, 0.1) is 11.3 Å². The minimum Gasteiger partial charge on any atom is -0.352 e. The van der Waals surface area contributed by atoms with Gasteiger partial charge in [-0.25, -0.2) is 4.98 Å². The van der Waals surface area contributed by atoms with Gasteiger partial charge in [-0.3, -0.25) is 14.6 Å². The van der Waals surface area contributed by atoms with Crippen molar-refractivity contribution in [2.45, 2.75) is 59.4 Å². The second-order valence-electron chi connectivity index (χ2n) is 9.14. The number of carbonyl (C=O) groups is 1. The molecule has 0 radical (unpaired) electrons. The van der Waals surface area contributed by atoms with Crippen molar-refractivity contribution in [2.24, 2.45) is 11.3 Å². The third kappa shape index (κ3) is 4.46. The quantitative estimate of drug-likeness (QED) is 0.652. The zero-order chi connectivity index (χ0) is 21.3. The van der Waals surface area contributed by atoms with E-state index in [1.54, 1.807) is 23.7 Å². The number of fused-ring (bicyclic) bond motifs is 3. The van der Waals surface area contributed by atoms with E-state index in [0.29, 0.717) is 24.7 Å². The van der Waals surface area contributed by atoms with Crippen LogP contribution >= 0.6 is 11.3 Å². The van der Waals surface area contributed by atoms with Crippen LogP contribution in [0.4, 0.5) is 0 Å². The monoisotopic (exact) mass is 424 g/mol. The van der Waals surface area contributed by atoms with E-state index >= 15 is 0 Å². The molecule has 0 unspecified atom stereocenters. The fourth-order valence-electron chi connectivity index (χ4n) is 4.11. The molecular formula is C23H28N4O2S. The highest BCUT2D eigenvalue weighted by atomic mass is 32.1. The summed E-state index contributed by atoms with van der Waals surface area (Å²) in [7, 11) is 0. The molecule has 7 heteroatoms. The Hall–Kier alpha value is -2.54. The summed E-state index contributed by atoms with van der Waals surface area (Å²) in [6, 6.07) is 3.76. The highest BCUT2D eigenvalue weighted by Crippen LogP contribution is 2.41. The summed E-state index contributed by atoms with van der Waals surface area (Å²) in [6.45, 7) is 7.32. The Morgan fingerprint density at radius 3 is 2.93 bits per heavy atom. The van der Waals surface area contributed by atoms with Crippen molar-refractivity contribution in [2.75, 3.05) is 0 Å². The lowest BCUT2D eigenvalue weighted by Gasteiger charge is -2.33. The molecule has 0 saturated heterocycles. The molecular weight excluding hydrogens is 396 g/mol. The Balaban J connectivity index is 1.45. The molecule has 0 aliphatic heterocycles. The molecule has 1 amide bonds. The first-order valence-electron chi connectivity index (χ1n) is 10.5. The molecule has 158 valence electrons. The van der Waals surface area contributed by atoms with E-state index in [2.05, 4.69) is 36.1 Å². The maximum atomic E-state index is 12.8. The SMILES string of the molecule is CC(C)(C)[C@@H]1CCc2c(sc3nc(CCC(=O)NCc4cccnc4)[nH]c(=O)c23)C1. The Kier molecular flexibility index (Phi) is 5.73. The molecule has 30 heavy (non-hydrogen) atoms. The zero-order valence-electron chi connectivity index (χ0n) is 17.7. The molecule has 3 aromatic heterocycles. The van der Waals surface area contributed by atoms with Gasteiger partial charge in [0.25, 0.3) is 5.56 Å². The van der Waals surface area contributed by atoms with Crippen LogP contribution in [0.25, 0.3) is 10.2 Å². The molecule has 1 aliphatic rings. The largest absolute Gasteiger partial charge is 0.352 e. The van der Waals surface area contributed by atoms with Crippen molar-refractivity contribution < 1.29 is 4.79 Å². The smallest absolute Gasteiger partial charge is 0.259 e. The van der Waals surface area contributed by atoms with Crippen molar-refractivity contribution >= 4 is 27.5 Å². The summed E-state index contributed by atoms with van der Waals surface area (Å²) in [4.78, 5) is 38.7. The number of rotatable bonds is 5. The number of amides is 1. The minimum absolute atomic E-state index is 0.0694. The van der Waals surface area contributed by atoms with Crippen molar-refractivity contribution in [1.29, 1.82) is 0 Å². The van der Waals surface area contributed by atoms with Gasteiger partial charge >= 0.3 is 0 Å². The Bertz CT molecular complexity index is 1110. The van der Waals surface area contributed by atoms with Gasteiger partial charge in [-0.2, -0.15) is 0 Å². The first-order valence-corrected chi connectivity index (χ1v) is 11.3. The predicted octanol–water partition coefficient (Wildman–Crippen LogP) is 3.78. The summed E-state index contributed by atoms with van der Waals surface area (Å²) >= 11 is 1.65. The number of nitrogens with one attached hydrogen (secondary N) is 2. The number of aryl methyl sites for hydroxylation is 2. The van der Waals surface area contributed by atoms with Crippen LogP contribution in [-0.4, -0.2) is 20.9 Å². The Morgan fingerprint density at radius 1 is 1.37 bits per heavy atom. The molecule has 1 aliphatic carbocycles. The van der Waals surface area contributed by atoms with E-state index in [1.807, 2.05) is 12.1 Å². The third-order valence-corrected chi connectivity index (χ3v) is 7.14. The first kappa shape index (κ1) is 20.7. The van der Waals surface area contributed by atoms with E-state index in [-0.39, 0.29) is 23.3 Å². The van der Waals surface area contributed by atoms with Crippen LogP contribution in [0.5, 0.6) is 0 Å². The van der Waals surface area contributed by atoms with Crippen LogP contribution in [0.15, 0.2) is 29.3 Å². The lowest BCUT2D eigenvalue weighted by atomic mass is 9.72. The maximum absolute atomic E-state index is 12.8. The van der Waals surface area contributed by atoms with E-state index in [1.165, 1.54) is 10.4 Å². The number of carbonyl (C=O) groups excluding carboxylic acids is 1. The predicted molar refractivity (Wildman–Crippen MR) is 120 cm³/mol. The molecule has 6 nitrogen and oxygen atoms in total. The van der Waals surface area contributed by atoms with Gasteiger partial charge in [-0.1, -0.05) is 26.8 Å². The topological polar surface area (TPSA) is 87.7 Å². The Labute approximate surface area is 180 Å². The summed E-state index contributed by atoms with van der Waals surface area (Å²) in [5.41, 5.74) is 2.33. The van der Waals surface area contributed by atoms with Gasteiger partial charge in [-0.15, -0.1) is 11.3 Å². The maximum Gasteiger partial charge on any atom is 0.259 e. The number of aromatic nitrogens is 3. The lowest BCUT2D eigenvalue weighted by Crippen LogP contribution is -2.26. The van der Waals surface area contributed by atoms with E-state index in [9.17, 15) is 9.59 Å². The fourth-order valence-corrected chi connectivity index (χ4v) is 5.43. The molecule has 3 aromatic rings. The number of H-pyrrole nitrogens is 1. The molecule has 3 heterocycles. The molecule has 0 fully saturated rings. The van der Waals surface area contributed by atoms with Gasteiger partial charge in [0.2, 0.25) is 5.91 Å².